The molecule has 14 heavy (non-hydrogen) atoms. The number of hydrogen-bond donors (Lipinski definition) is 1. The summed E-state index contributed by atoms with van der Waals surface area (Å²) >= 11 is 0. The summed E-state index contributed by atoms with van der Waals surface area (Å²) in [6.45, 7) is 0. The second-order valence-electron chi connectivity index (χ2n) is 4.22. The molecule has 84 valence electrons. The van der Waals surface area contributed by atoms with E-state index in [2.05, 4.69) is 0 Å². The molecule has 1 atom stereocenters. The van der Waals surface area contributed by atoms with Crippen molar-refractivity contribution in [3.8, 4) is 0 Å². The van der Waals surface area contributed by atoms with Crippen LogP contribution < -0.4 is 5.73 Å². The van der Waals surface area contributed by atoms with E-state index in [0.717, 1.165) is 12.8 Å². The zero-order chi connectivity index (χ0) is 10.6. The van der Waals surface area contributed by atoms with Gasteiger partial charge in [-0.1, -0.05) is 12.8 Å². The Morgan fingerprint density at radius 1 is 1.21 bits per heavy atom. The van der Waals surface area contributed by atoms with E-state index in [9.17, 15) is 13.2 Å². The largest absolute Gasteiger partial charge is 0.389 e. The van der Waals surface area contributed by atoms with Crippen LogP contribution in [0.4, 0.5) is 13.2 Å². The maximum Gasteiger partial charge on any atom is 0.389 e. The summed E-state index contributed by atoms with van der Waals surface area (Å²) in [6.07, 6.45) is 0.587. The van der Waals surface area contributed by atoms with Crippen LogP contribution in [-0.4, -0.2) is 12.2 Å². The summed E-state index contributed by atoms with van der Waals surface area (Å²) in [4.78, 5) is 0. The average Bonchev–Trinajstić information content (AvgIpc) is 2.53. The molecule has 0 heterocycles. The smallest absolute Gasteiger partial charge is 0.327 e. The third kappa shape index (κ3) is 4.31. The molecule has 0 radical (unpaired) electrons. The molecule has 1 aliphatic rings. The summed E-state index contributed by atoms with van der Waals surface area (Å²) in [7, 11) is 0. The van der Waals surface area contributed by atoms with Crippen LogP contribution in [0.5, 0.6) is 0 Å². The molecule has 0 spiro atoms. The van der Waals surface area contributed by atoms with Crippen molar-refractivity contribution >= 4 is 0 Å². The second-order valence-corrected chi connectivity index (χ2v) is 4.22. The van der Waals surface area contributed by atoms with Crippen LogP contribution in [0.1, 0.15) is 44.9 Å². The van der Waals surface area contributed by atoms with Gasteiger partial charge in [0, 0.05) is 12.5 Å². The highest BCUT2D eigenvalue weighted by molar-refractivity contribution is 4.77. The predicted molar refractivity (Wildman–Crippen MR) is 49.8 cm³/mol. The number of halogens is 3. The lowest BCUT2D eigenvalue weighted by Gasteiger charge is -2.18. The molecular weight excluding hydrogens is 191 g/mol. The van der Waals surface area contributed by atoms with Gasteiger partial charge in [0.05, 0.1) is 0 Å². The molecule has 0 bridgehead atoms. The summed E-state index contributed by atoms with van der Waals surface area (Å²) < 4.78 is 35.5. The van der Waals surface area contributed by atoms with E-state index in [1.807, 2.05) is 0 Å². The van der Waals surface area contributed by atoms with E-state index >= 15 is 0 Å². The molecule has 1 aliphatic carbocycles. The highest BCUT2D eigenvalue weighted by Gasteiger charge is 2.28. The lowest BCUT2D eigenvalue weighted by molar-refractivity contribution is -0.135. The van der Waals surface area contributed by atoms with Gasteiger partial charge in [-0.25, -0.2) is 0 Å². The highest BCUT2D eigenvalue weighted by Crippen LogP contribution is 2.30. The Kier molecular flexibility index (Phi) is 4.23. The molecule has 1 nitrogen and oxygen atoms in total. The van der Waals surface area contributed by atoms with Crippen LogP contribution in [0.15, 0.2) is 0 Å². The lowest BCUT2D eigenvalue weighted by Crippen LogP contribution is -2.28. The fraction of sp³-hybridized carbons (Fsp3) is 1.00. The Hall–Kier alpha value is -0.250. The third-order valence-corrected chi connectivity index (χ3v) is 3.00. The first kappa shape index (κ1) is 11.8. The molecule has 1 saturated carbocycles. The van der Waals surface area contributed by atoms with Gasteiger partial charge in [0.25, 0.3) is 0 Å². The number of nitrogens with two attached hydrogens (primary N) is 1. The highest BCUT2D eigenvalue weighted by atomic mass is 19.4. The van der Waals surface area contributed by atoms with E-state index in [4.69, 9.17) is 5.73 Å². The molecule has 2 N–H and O–H groups in total. The minimum absolute atomic E-state index is 0.0140. The van der Waals surface area contributed by atoms with Crippen molar-refractivity contribution in [1.82, 2.24) is 0 Å². The van der Waals surface area contributed by atoms with E-state index in [-0.39, 0.29) is 12.5 Å². The van der Waals surface area contributed by atoms with Crippen LogP contribution in [-0.2, 0) is 0 Å². The van der Waals surface area contributed by atoms with Crippen molar-refractivity contribution in [3.63, 3.8) is 0 Å². The van der Waals surface area contributed by atoms with Crippen LogP contribution in [0.2, 0.25) is 0 Å². The molecule has 0 saturated heterocycles. The fourth-order valence-corrected chi connectivity index (χ4v) is 2.16. The molecule has 0 aromatic heterocycles. The first-order valence-electron chi connectivity index (χ1n) is 5.31. The standard InChI is InChI=1S/C10H18F3N/c11-10(12,13)7-3-6-9(14)8-4-1-2-5-8/h8-9H,1-7,14H2. The van der Waals surface area contributed by atoms with Gasteiger partial charge < -0.3 is 5.73 Å². The number of rotatable bonds is 4. The molecule has 1 fully saturated rings. The number of hydrogen-bond acceptors (Lipinski definition) is 1. The minimum Gasteiger partial charge on any atom is -0.327 e. The zero-order valence-corrected chi connectivity index (χ0v) is 8.32. The van der Waals surface area contributed by atoms with E-state index in [1.165, 1.54) is 12.8 Å². The van der Waals surface area contributed by atoms with Gasteiger partial charge in [-0.3, -0.25) is 0 Å². The van der Waals surface area contributed by atoms with Gasteiger partial charge in [0.2, 0.25) is 0 Å². The first-order valence-corrected chi connectivity index (χ1v) is 5.31. The van der Waals surface area contributed by atoms with E-state index in [1.54, 1.807) is 0 Å². The summed E-state index contributed by atoms with van der Waals surface area (Å²) in [5.74, 6) is 0.475. The molecule has 0 aliphatic heterocycles. The van der Waals surface area contributed by atoms with Crippen molar-refractivity contribution in [1.29, 1.82) is 0 Å². The second kappa shape index (κ2) is 5.01. The first-order chi connectivity index (χ1) is 6.49. The average molecular weight is 209 g/mol. The molecule has 1 rings (SSSR count). The summed E-state index contributed by atoms with van der Waals surface area (Å²) in [6, 6.07) is -0.0140. The maximum absolute atomic E-state index is 11.8. The van der Waals surface area contributed by atoms with Crippen molar-refractivity contribution in [3.05, 3.63) is 0 Å². The molecule has 0 aromatic rings. The Labute approximate surface area is 82.9 Å². The third-order valence-electron chi connectivity index (χ3n) is 3.00. The van der Waals surface area contributed by atoms with Gasteiger partial charge in [-0.05, 0) is 31.6 Å². The van der Waals surface area contributed by atoms with Crippen molar-refractivity contribution in [2.45, 2.75) is 57.2 Å². The van der Waals surface area contributed by atoms with Crippen molar-refractivity contribution in [2.24, 2.45) is 11.7 Å². The molecule has 4 heteroatoms. The molecule has 1 unspecified atom stereocenters. The van der Waals surface area contributed by atoms with Crippen LogP contribution in [0.3, 0.4) is 0 Å². The predicted octanol–water partition coefficient (Wildman–Crippen LogP) is 3.24. The SMILES string of the molecule is NC(CCCC(F)(F)F)C1CCCC1. The Bertz CT molecular complexity index is 161. The number of alkyl halides is 3. The minimum atomic E-state index is -4.02. The maximum atomic E-state index is 11.8. The van der Waals surface area contributed by atoms with Crippen molar-refractivity contribution in [2.75, 3.05) is 0 Å². The van der Waals surface area contributed by atoms with Gasteiger partial charge >= 0.3 is 6.18 Å². The molecular formula is C10H18F3N. The van der Waals surface area contributed by atoms with Gasteiger partial charge in [0.15, 0.2) is 0 Å². The molecule has 0 amide bonds. The Morgan fingerprint density at radius 2 is 1.79 bits per heavy atom. The van der Waals surface area contributed by atoms with Crippen molar-refractivity contribution < 1.29 is 13.2 Å². The lowest BCUT2D eigenvalue weighted by atomic mass is 9.94. The summed E-state index contributed by atoms with van der Waals surface area (Å²) in [5, 5.41) is 0. The monoisotopic (exact) mass is 209 g/mol. The Morgan fingerprint density at radius 3 is 2.29 bits per heavy atom. The van der Waals surface area contributed by atoms with Crippen LogP contribution in [0, 0.1) is 5.92 Å². The van der Waals surface area contributed by atoms with E-state index < -0.39 is 12.6 Å². The zero-order valence-electron chi connectivity index (χ0n) is 8.32. The van der Waals surface area contributed by atoms with Gasteiger partial charge in [0.1, 0.15) is 0 Å². The summed E-state index contributed by atoms with van der Waals surface area (Å²) in [5.41, 5.74) is 5.84. The van der Waals surface area contributed by atoms with Crippen LogP contribution >= 0.6 is 0 Å². The van der Waals surface area contributed by atoms with Crippen LogP contribution in [0.25, 0.3) is 0 Å². The molecule has 0 aromatic carbocycles. The normalized spacial score (nSPS) is 21.4. The van der Waals surface area contributed by atoms with Gasteiger partial charge in [-0.2, -0.15) is 13.2 Å². The van der Waals surface area contributed by atoms with E-state index in [0.29, 0.717) is 12.3 Å². The quantitative estimate of drug-likeness (QED) is 0.755. The Balaban J connectivity index is 2.11. The topological polar surface area (TPSA) is 26.0 Å². The van der Waals surface area contributed by atoms with Gasteiger partial charge in [-0.15, -0.1) is 0 Å². The fourth-order valence-electron chi connectivity index (χ4n) is 2.16.